The van der Waals surface area contributed by atoms with E-state index in [-0.39, 0.29) is 17.0 Å². The Kier molecular flexibility index (Phi) is 6.60. The first kappa shape index (κ1) is 19.8. The fourth-order valence-corrected chi connectivity index (χ4v) is 2.10. The SMILES string of the molecule is CC(CC(=O)O)NC(=O)c1cc(NC(=O)NC(C)(C)C)ccc1Cl. The fraction of sp³-hybridized carbons (Fsp3) is 0.438. The topological polar surface area (TPSA) is 108 Å². The van der Waals surface area contributed by atoms with Crippen molar-refractivity contribution in [2.24, 2.45) is 0 Å². The van der Waals surface area contributed by atoms with Crippen LogP contribution in [0, 0.1) is 0 Å². The molecule has 0 heterocycles. The molecule has 1 aromatic rings. The Balaban J connectivity index is 2.84. The van der Waals surface area contributed by atoms with E-state index in [0.29, 0.717) is 5.69 Å². The zero-order valence-corrected chi connectivity index (χ0v) is 14.8. The van der Waals surface area contributed by atoms with Gasteiger partial charge in [0.05, 0.1) is 17.0 Å². The summed E-state index contributed by atoms with van der Waals surface area (Å²) in [4.78, 5) is 34.7. The molecular weight excluding hydrogens is 334 g/mol. The van der Waals surface area contributed by atoms with Gasteiger partial charge in [-0.25, -0.2) is 4.79 Å². The van der Waals surface area contributed by atoms with Crippen molar-refractivity contribution in [2.75, 3.05) is 5.32 Å². The molecule has 1 unspecified atom stereocenters. The number of carbonyl (C=O) groups is 3. The normalized spacial score (nSPS) is 12.2. The number of amides is 3. The Morgan fingerprint density at radius 1 is 1.25 bits per heavy atom. The number of anilines is 1. The number of carboxylic acid groups (broad SMARTS) is 1. The summed E-state index contributed by atoms with van der Waals surface area (Å²) in [6, 6.07) is 3.54. The van der Waals surface area contributed by atoms with E-state index in [0.717, 1.165) is 0 Å². The van der Waals surface area contributed by atoms with Crippen molar-refractivity contribution in [3.8, 4) is 0 Å². The maximum atomic E-state index is 12.2. The monoisotopic (exact) mass is 355 g/mol. The van der Waals surface area contributed by atoms with Crippen molar-refractivity contribution >= 4 is 35.2 Å². The zero-order valence-electron chi connectivity index (χ0n) is 14.1. The van der Waals surface area contributed by atoms with Crippen LogP contribution in [0.15, 0.2) is 18.2 Å². The molecule has 0 aliphatic heterocycles. The standard InChI is InChI=1S/C16H22ClN3O4/c1-9(7-13(21)22)18-14(23)11-8-10(5-6-12(11)17)19-15(24)20-16(2,3)4/h5-6,8-9H,7H2,1-4H3,(H,18,23)(H,21,22)(H2,19,20,24). The number of benzene rings is 1. The van der Waals surface area contributed by atoms with Crippen molar-refractivity contribution in [2.45, 2.75) is 45.7 Å². The summed E-state index contributed by atoms with van der Waals surface area (Å²) in [6.45, 7) is 7.12. The average molecular weight is 356 g/mol. The van der Waals surface area contributed by atoms with Gasteiger partial charge in [0.25, 0.3) is 5.91 Å². The lowest BCUT2D eigenvalue weighted by Crippen LogP contribution is -2.43. The number of urea groups is 1. The summed E-state index contributed by atoms with van der Waals surface area (Å²) >= 11 is 6.02. The third kappa shape index (κ3) is 6.87. The molecule has 4 N–H and O–H groups in total. The van der Waals surface area contributed by atoms with Gasteiger partial charge in [0.2, 0.25) is 0 Å². The zero-order chi connectivity index (χ0) is 18.5. The molecule has 0 saturated heterocycles. The Morgan fingerprint density at radius 2 is 1.88 bits per heavy atom. The molecule has 0 radical (unpaired) electrons. The van der Waals surface area contributed by atoms with E-state index < -0.39 is 29.5 Å². The van der Waals surface area contributed by atoms with Crippen molar-refractivity contribution in [3.63, 3.8) is 0 Å². The molecule has 7 nitrogen and oxygen atoms in total. The Hall–Kier alpha value is -2.28. The van der Waals surface area contributed by atoms with Crippen LogP contribution in [0.4, 0.5) is 10.5 Å². The maximum Gasteiger partial charge on any atom is 0.319 e. The van der Waals surface area contributed by atoms with Gasteiger partial charge in [-0.05, 0) is 45.9 Å². The van der Waals surface area contributed by atoms with Gasteiger partial charge in [0, 0.05) is 17.3 Å². The summed E-state index contributed by atoms with van der Waals surface area (Å²) in [6.07, 6.45) is -0.199. The maximum absolute atomic E-state index is 12.2. The van der Waals surface area contributed by atoms with E-state index in [1.54, 1.807) is 13.0 Å². The second-order valence-corrected chi connectivity index (χ2v) is 6.90. The summed E-state index contributed by atoms with van der Waals surface area (Å²) < 4.78 is 0. The highest BCUT2D eigenvalue weighted by molar-refractivity contribution is 6.34. The van der Waals surface area contributed by atoms with E-state index in [1.165, 1.54) is 12.1 Å². The van der Waals surface area contributed by atoms with E-state index in [4.69, 9.17) is 16.7 Å². The molecule has 0 fully saturated rings. The second kappa shape index (κ2) is 8.01. The highest BCUT2D eigenvalue weighted by Crippen LogP contribution is 2.21. The molecule has 1 rings (SSSR count). The molecule has 3 amide bonds. The van der Waals surface area contributed by atoms with Gasteiger partial charge >= 0.3 is 12.0 Å². The Labute approximate surface area is 145 Å². The molecule has 8 heteroatoms. The smallest absolute Gasteiger partial charge is 0.319 e. The third-order valence-corrected chi connectivity index (χ3v) is 3.15. The van der Waals surface area contributed by atoms with Crippen molar-refractivity contribution < 1.29 is 19.5 Å². The average Bonchev–Trinajstić information content (AvgIpc) is 2.37. The van der Waals surface area contributed by atoms with Crippen LogP contribution in [0.25, 0.3) is 0 Å². The summed E-state index contributed by atoms with van der Waals surface area (Å²) in [5.74, 6) is -1.52. The molecule has 1 atom stereocenters. The summed E-state index contributed by atoms with van der Waals surface area (Å²) in [5.41, 5.74) is 0.155. The van der Waals surface area contributed by atoms with E-state index in [9.17, 15) is 14.4 Å². The van der Waals surface area contributed by atoms with Crippen molar-refractivity contribution in [1.82, 2.24) is 10.6 Å². The molecular formula is C16H22ClN3O4. The van der Waals surface area contributed by atoms with Gasteiger partial charge in [0.15, 0.2) is 0 Å². The van der Waals surface area contributed by atoms with Gasteiger partial charge in [0.1, 0.15) is 0 Å². The highest BCUT2D eigenvalue weighted by Gasteiger charge is 2.17. The number of halogens is 1. The van der Waals surface area contributed by atoms with Crippen LogP contribution in [-0.2, 0) is 4.79 Å². The highest BCUT2D eigenvalue weighted by atomic mass is 35.5. The van der Waals surface area contributed by atoms with Crippen LogP contribution in [0.3, 0.4) is 0 Å². The van der Waals surface area contributed by atoms with Crippen LogP contribution in [-0.4, -0.2) is 34.6 Å². The fourth-order valence-electron chi connectivity index (χ4n) is 1.89. The quantitative estimate of drug-likeness (QED) is 0.651. The van der Waals surface area contributed by atoms with Crippen LogP contribution >= 0.6 is 11.6 Å². The molecule has 24 heavy (non-hydrogen) atoms. The molecule has 0 aliphatic carbocycles. The second-order valence-electron chi connectivity index (χ2n) is 6.50. The van der Waals surface area contributed by atoms with Gasteiger partial charge in [-0.1, -0.05) is 11.6 Å². The first-order chi connectivity index (χ1) is 11.0. The van der Waals surface area contributed by atoms with Crippen LogP contribution in [0.5, 0.6) is 0 Å². The molecule has 0 saturated carbocycles. The number of carbonyl (C=O) groups excluding carboxylic acids is 2. The first-order valence-electron chi connectivity index (χ1n) is 7.39. The van der Waals surface area contributed by atoms with Gasteiger partial charge < -0.3 is 21.1 Å². The van der Waals surface area contributed by atoms with Gasteiger partial charge in [-0.3, -0.25) is 9.59 Å². The van der Waals surface area contributed by atoms with E-state index in [2.05, 4.69) is 16.0 Å². The molecule has 0 bridgehead atoms. The van der Waals surface area contributed by atoms with Gasteiger partial charge in [-0.2, -0.15) is 0 Å². The number of aliphatic carboxylic acids is 1. The Morgan fingerprint density at radius 3 is 2.42 bits per heavy atom. The minimum absolute atomic E-state index is 0.155. The van der Waals surface area contributed by atoms with Crippen LogP contribution in [0.2, 0.25) is 5.02 Å². The minimum atomic E-state index is -1.01. The van der Waals surface area contributed by atoms with Crippen LogP contribution in [0.1, 0.15) is 44.5 Å². The molecule has 0 aromatic heterocycles. The van der Waals surface area contributed by atoms with Gasteiger partial charge in [-0.15, -0.1) is 0 Å². The van der Waals surface area contributed by atoms with Crippen molar-refractivity contribution in [1.29, 1.82) is 0 Å². The lowest BCUT2D eigenvalue weighted by atomic mass is 10.1. The molecule has 1 aromatic carbocycles. The van der Waals surface area contributed by atoms with E-state index in [1.807, 2.05) is 20.8 Å². The Bertz CT molecular complexity index is 641. The lowest BCUT2D eigenvalue weighted by molar-refractivity contribution is -0.137. The predicted octanol–water partition coefficient (Wildman–Crippen LogP) is 2.85. The lowest BCUT2D eigenvalue weighted by Gasteiger charge is -2.21. The number of nitrogens with one attached hydrogen (secondary N) is 3. The molecule has 0 aliphatic rings. The molecule has 0 spiro atoms. The summed E-state index contributed by atoms with van der Waals surface area (Å²) in [5, 5.41) is 16.8. The largest absolute Gasteiger partial charge is 0.481 e. The number of carboxylic acids is 1. The van der Waals surface area contributed by atoms with Crippen molar-refractivity contribution in [3.05, 3.63) is 28.8 Å². The summed E-state index contributed by atoms with van der Waals surface area (Å²) in [7, 11) is 0. The minimum Gasteiger partial charge on any atom is -0.481 e. The van der Waals surface area contributed by atoms with Crippen LogP contribution < -0.4 is 16.0 Å². The number of hydrogen-bond acceptors (Lipinski definition) is 3. The third-order valence-electron chi connectivity index (χ3n) is 2.82. The first-order valence-corrected chi connectivity index (χ1v) is 7.77. The predicted molar refractivity (Wildman–Crippen MR) is 92.5 cm³/mol. The number of rotatable bonds is 5. The number of hydrogen-bond donors (Lipinski definition) is 4. The van der Waals surface area contributed by atoms with E-state index >= 15 is 0 Å². The molecule has 132 valence electrons.